The van der Waals surface area contributed by atoms with Crippen molar-refractivity contribution in [2.24, 2.45) is 0 Å². The molecule has 1 aromatic heterocycles. The summed E-state index contributed by atoms with van der Waals surface area (Å²) < 4.78 is 2.80. The first-order valence-corrected chi connectivity index (χ1v) is 14.8. The highest BCUT2D eigenvalue weighted by Gasteiger charge is 2.27. The molecule has 3 rings (SSSR count). The molecule has 3 aromatic rings. The van der Waals surface area contributed by atoms with Crippen LogP contribution in [0.5, 0.6) is 0 Å². The molecule has 1 atom stereocenters. The summed E-state index contributed by atoms with van der Waals surface area (Å²) in [5.41, 5.74) is 7.66. The SMILES string of the molecule is CCN(c1ccc(CONc2cccc(-n3c(=S)[nH][nH]c3=S)c2)cc1)C(C)[Si](C)(C)C. The van der Waals surface area contributed by atoms with Crippen molar-refractivity contribution in [1.29, 1.82) is 0 Å². The minimum absolute atomic E-state index is 0.462. The van der Waals surface area contributed by atoms with E-state index in [1.807, 2.05) is 24.3 Å². The Bertz CT molecular complexity index is 1090. The minimum atomic E-state index is -1.26. The number of hydrogen-bond acceptors (Lipinski definition) is 5. The Hall–Kier alpha value is -2.20. The van der Waals surface area contributed by atoms with Crippen LogP contribution < -0.4 is 10.4 Å². The first-order valence-electron chi connectivity index (χ1n) is 10.4. The van der Waals surface area contributed by atoms with Gasteiger partial charge in [0.15, 0.2) is 9.54 Å². The molecule has 0 amide bonds. The van der Waals surface area contributed by atoms with Gasteiger partial charge in [-0.25, -0.2) is 0 Å². The number of aromatic amines is 2. The Balaban J connectivity index is 1.62. The third-order valence-corrected chi connectivity index (χ3v) is 8.93. The maximum absolute atomic E-state index is 5.73. The van der Waals surface area contributed by atoms with Crippen molar-refractivity contribution in [3.8, 4) is 5.69 Å². The van der Waals surface area contributed by atoms with Gasteiger partial charge in [-0.3, -0.25) is 25.1 Å². The maximum atomic E-state index is 5.73. The van der Waals surface area contributed by atoms with Crippen LogP contribution in [-0.2, 0) is 11.4 Å². The summed E-state index contributed by atoms with van der Waals surface area (Å²) in [6.45, 7) is 13.3. The van der Waals surface area contributed by atoms with E-state index in [2.05, 4.69) is 78.3 Å². The fourth-order valence-corrected chi connectivity index (χ4v) is 5.21. The fraction of sp³-hybridized carbons (Fsp3) is 0.364. The zero-order valence-corrected chi connectivity index (χ0v) is 21.4. The van der Waals surface area contributed by atoms with Crippen LogP contribution in [0.1, 0.15) is 19.4 Å². The van der Waals surface area contributed by atoms with Crippen molar-refractivity contribution >= 4 is 43.9 Å². The molecule has 1 unspecified atom stereocenters. The van der Waals surface area contributed by atoms with Crippen molar-refractivity contribution in [1.82, 2.24) is 14.8 Å². The molecule has 0 spiro atoms. The van der Waals surface area contributed by atoms with Gasteiger partial charge >= 0.3 is 0 Å². The Morgan fingerprint density at radius 3 is 2.29 bits per heavy atom. The van der Waals surface area contributed by atoms with Crippen LogP contribution >= 0.6 is 24.4 Å². The largest absolute Gasteiger partial charge is 0.372 e. The molecule has 3 N–H and O–H groups in total. The van der Waals surface area contributed by atoms with E-state index in [4.69, 9.17) is 29.3 Å². The molecule has 166 valence electrons. The highest BCUT2D eigenvalue weighted by atomic mass is 32.1. The van der Waals surface area contributed by atoms with Crippen LogP contribution in [0.2, 0.25) is 19.6 Å². The van der Waals surface area contributed by atoms with Gasteiger partial charge in [0.05, 0.1) is 26.1 Å². The normalized spacial score (nSPS) is 12.5. The summed E-state index contributed by atoms with van der Waals surface area (Å²) >= 11 is 10.6. The summed E-state index contributed by atoms with van der Waals surface area (Å²) in [6.07, 6.45) is 0. The van der Waals surface area contributed by atoms with Gasteiger partial charge in [-0.2, -0.15) is 0 Å². The number of H-pyrrole nitrogens is 2. The van der Waals surface area contributed by atoms with E-state index in [-0.39, 0.29) is 0 Å². The number of nitrogens with one attached hydrogen (secondary N) is 3. The van der Waals surface area contributed by atoms with Crippen LogP contribution in [-0.4, -0.2) is 35.0 Å². The number of anilines is 2. The lowest BCUT2D eigenvalue weighted by atomic mass is 10.2. The second-order valence-electron chi connectivity index (χ2n) is 8.63. The molecule has 1 heterocycles. The van der Waals surface area contributed by atoms with Gasteiger partial charge in [0.1, 0.15) is 0 Å². The summed E-state index contributed by atoms with van der Waals surface area (Å²) in [4.78, 5) is 8.23. The number of hydrogen-bond donors (Lipinski definition) is 3. The Labute approximate surface area is 195 Å². The quantitative estimate of drug-likeness (QED) is 0.195. The molecule has 0 saturated carbocycles. The minimum Gasteiger partial charge on any atom is -0.372 e. The molecule has 0 radical (unpaired) electrons. The molecular weight excluding hydrogens is 442 g/mol. The standard InChI is InChI=1S/C22H31N5OS2Si/c1-6-26(16(2)31(3,4)5)19-12-10-17(11-13-19)15-28-25-18-8-7-9-20(14-18)27-21(29)23-24-22(27)30/h7-14,16,25H,6,15H2,1-5H3,(H,23,29)(H,24,30). The maximum Gasteiger partial charge on any atom is 0.198 e. The third kappa shape index (κ3) is 5.73. The molecule has 0 saturated heterocycles. The van der Waals surface area contributed by atoms with Gasteiger partial charge in [0, 0.05) is 17.9 Å². The number of rotatable bonds is 9. The fourth-order valence-electron chi connectivity index (χ4n) is 3.39. The summed E-state index contributed by atoms with van der Waals surface area (Å²) in [7, 11) is -1.26. The highest BCUT2D eigenvalue weighted by molar-refractivity contribution is 7.72. The first kappa shape index (κ1) is 23.5. The van der Waals surface area contributed by atoms with Gasteiger partial charge in [-0.1, -0.05) is 37.8 Å². The van der Waals surface area contributed by atoms with Crippen molar-refractivity contribution in [3.05, 3.63) is 63.6 Å². The molecule has 9 heteroatoms. The van der Waals surface area contributed by atoms with Crippen LogP contribution in [0.4, 0.5) is 11.4 Å². The number of benzene rings is 2. The summed E-state index contributed by atoms with van der Waals surface area (Å²) in [6, 6.07) is 16.4. The van der Waals surface area contributed by atoms with Gasteiger partial charge in [0.25, 0.3) is 0 Å². The molecule has 2 aromatic carbocycles. The molecule has 0 aliphatic heterocycles. The average molecular weight is 474 g/mol. The molecule has 0 fully saturated rings. The average Bonchev–Trinajstić information content (AvgIpc) is 3.07. The monoisotopic (exact) mass is 473 g/mol. The summed E-state index contributed by atoms with van der Waals surface area (Å²) in [5, 5.41) is 5.69. The Morgan fingerprint density at radius 1 is 1.06 bits per heavy atom. The second-order valence-corrected chi connectivity index (χ2v) is 15.0. The predicted molar refractivity (Wildman–Crippen MR) is 137 cm³/mol. The lowest BCUT2D eigenvalue weighted by Crippen LogP contribution is -2.49. The van der Waals surface area contributed by atoms with Crippen LogP contribution in [0.3, 0.4) is 0 Å². The van der Waals surface area contributed by atoms with Crippen molar-refractivity contribution < 1.29 is 4.84 Å². The van der Waals surface area contributed by atoms with Gasteiger partial charge in [-0.05, 0) is 74.2 Å². The zero-order valence-electron chi connectivity index (χ0n) is 18.7. The molecule has 0 bridgehead atoms. The first-order chi connectivity index (χ1) is 14.7. The van der Waals surface area contributed by atoms with E-state index in [9.17, 15) is 0 Å². The van der Waals surface area contributed by atoms with Crippen molar-refractivity contribution in [3.63, 3.8) is 0 Å². The van der Waals surface area contributed by atoms with E-state index in [1.165, 1.54) is 5.69 Å². The van der Waals surface area contributed by atoms with Crippen LogP contribution in [0.25, 0.3) is 5.69 Å². The van der Waals surface area contributed by atoms with E-state index < -0.39 is 8.07 Å². The van der Waals surface area contributed by atoms with E-state index >= 15 is 0 Å². The lowest BCUT2D eigenvalue weighted by Gasteiger charge is -2.38. The molecule has 6 nitrogen and oxygen atoms in total. The topological polar surface area (TPSA) is 61.0 Å². The highest BCUT2D eigenvalue weighted by Crippen LogP contribution is 2.23. The van der Waals surface area contributed by atoms with Crippen molar-refractivity contribution in [2.75, 3.05) is 16.9 Å². The lowest BCUT2D eigenvalue weighted by molar-refractivity contribution is 0.180. The number of aromatic nitrogens is 3. The Kier molecular flexibility index (Phi) is 7.53. The molecular formula is C22H31N5OS2Si. The van der Waals surface area contributed by atoms with Gasteiger partial charge in [-0.15, -0.1) is 0 Å². The molecule has 0 aliphatic rings. The van der Waals surface area contributed by atoms with E-state index in [0.29, 0.717) is 21.8 Å². The smallest absolute Gasteiger partial charge is 0.198 e. The molecule has 0 aliphatic carbocycles. The van der Waals surface area contributed by atoms with Gasteiger partial charge in [0.2, 0.25) is 0 Å². The second kappa shape index (κ2) is 9.95. The predicted octanol–water partition coefficient (Wildman–Crippen LogP) is 6.23. The van der Waals surface area contributed by atoms with E-state index in [1.54, 1.807) is 4.57 Å². The summed E-state index contributed by atoms with van der Waals surface area (Å²) in [5.74, 6) is 0. The third-order valence-electron chi connectivity index (χ3n) is 5.55. The zero-order chi connectivity index (χ0) is 22.6. The molecule has 31 heavy (non-hydrogen) atoms. The Morgan fingerprint density at radius 2 is 1.71 bits per heavy atom. The van der Waals surface area contributed by atoms with Gasteiger partial charge < -0.3 is 4.90 Å². The van der Waals surface area contributed by atoms with Crippen molar-refractivity contribution in [2.45, 2.75) is 45.8 Å². The van der Waals surface area contributed by atoms with Crippen LogP contribution in [0, 0.1) is 9.54 Å². The van der Waals surface area contributed by atoms with E-state index in [0.717, 1.165) is 23.5 Å². The van der Waals surface area contributed by atoms with Crippen LogP contribution in [0.15, 0.2) is 48.5 Å². The number of nitrogens with zero attached hydrogens (tertiary/aromatic N) is 2.